The SMILES string of the molecule is OCCOCCOCCOCCOCCOCCOCC(O)S. The quantitative estimate of drug-likeness (QED) is 0.159. The van der Waals surface area contributed by atoms with Gasteiger partial charge in [-0.15, -0.1) is 12.6 Å². The van der Waals surface area contributed by atoms with Crippen LogP contribution in [0.2, 0.25) is 0 Å². The maximum atomic E-state index is 8.83. The highest BCUT2D eigenvalue weighted by Crippen LogP contribution is 1.89. The third-order valence-electron chi connectivity index (χ3n) is 2.36. The number of thiol groups is 1. The van der Waals surface area contributed by atoms with Crippen LogP contribution in [0.15, 0.2) is 0 Å². The number of hydrogen-bond acceptors (Lipinski definition) is 9. The Bertz CT molecular complexity index is 221. The number of aliphatic hydroxyl groups is 2. The molecule has 23 heavy (non-hydrogen) atoms. The minimum atomic E-state index is -0.747. The molecule has 0 aliphatic heterocycles. The van der Waals surface area contributed by atoms with Crippen molar-refractivity contribution in [1.29, 1.82) is 0 Å². The van der Waals surface area contributed by atoms with Gasteiger partial charge < -0.3 is 38.6 Å². The summed E-state index contributed by atoms with van der Waals surface area (Å²) in [5.41, 5.74) is -0.747. The number of hydrogen-bond donors (Lipinski definition) is 3. The molecule has 0 aliphatic carbocycles. The van der Waals surface area contributed by atoms with Gasteiger partial charge in [-0.05, 0) is 0 Å². The van der Waals surface area contributed by atoms with Crippen LogP contribution in [0.5, 0.6) is 0 Å². The molecule has 0 spiro atoms. The van der Waals surface area contributed by atoms with E-state index in [-0.39, 0.29) is 13.2 Å². The smallest absolute Gasteiger partial charge is 0.120 e. The van der Waals surface area contributed by atoms with Crippen LogP contribution in [-0.4, -0.2) is 102 Å². The van der Waals surface area contributed by atoms with Crippen LogP contribution < -0.4 is 0 Å². The van der Waals surface area contributed by atoms with Gasteiger partial charge in [0, 0.05) is 0 Å². The molecule has 8 nitrogen and oxygen atoms in total. The Morgan fingerprint density at radius 1 is 0.565 bits per heavy atom. The second kappa shape index (κ2) is 20.1. The molecular formula is C14H30O8S. The molecule has 0 aromatic carbocycles. The average molecular weight is 358 g/mol. The predicted octanol–water partition coefficient (Wildman–Crippen LogP) is -0.673. The van der Waals surface area contributed by atoms with Crippen LogP contribution in [0.25, 0.3) is 0 Å². The van der Waals surface area contributed by atoms with E-state index in [0.29, 0.717) is 72.7 Å². The van der Waals surface area contributed by atoms with E-state index >= 15 is 0 Å². The van der Waals surface area contributed by atoms with E-state index in [9.17, 15) is 0 Å². The van der Waals surface area contributed by atoms with Gasteiger partial charge in [0.25, 0.3) is 0 Å². The van der Waals surface area contributed by atoms with Crippen LogP contribution in [0.4, 0.5) is 0 Å². The van der Waals surface area contributed by atoms with Crippen molar-refractivity contribution >= 4 is 12.6 Å². The van der Waals surface area contributed by atoms with Crippen molar-refractivity contribution < 1.29 is 38.6 Å². The molecule has 1 unspecified atom stereocenters. The van der Waals surface area contributed by atoms with Gasteiger partial charge in [0.15, 0.2) is 0 Å². The van der Waals surface area contributed by atoms with Crippen molar-refractivity contribution in [2.45, 2.75) is 5.44 Å². The molecule has 0 aromatic heterocycles. The van der Waals surface area contributed by atoms with Crippen molar-refractivity contribution in [2.75, 3.05) is 85.9 Å². The summed E-state index contributed by atoms with van der Waals surface area (Å²) in [6.45, 7) is 5.43. The normalized spacial score (nSPS) is 12.7. The lowest BCUT2D eigenvalue weighted by molar-refractivity contribution is -0.0202. The topological polar surface area (TPSA) is 95.8 Å². The first-order valence-electron chi connectivity index (χ1n) is 7.70. The van der Waals surface area contributed by atoms with Gasteiger partial charge in [-0.25, -0.2) is 0 Å². The van der Waals surface area contributed by atoms with E-state index in [1.54, 1.807) is 0 Å². The fourth-order valence-electron chi connectivity index (χ4n) is 1.35. The number of aliphatic hydroxyl groups excluding tert-OH is 2. The van der Waals surface area contributed by atoms with Crippen LogP contribution in [0.3, 0.4) is 0 Å². The number of rotatable bonds is 19. The summed E-state index contributed by atoms with van der Waals surface area (Å²) in [7, 11) is 0. The fourth-order valence-corrected chi connectivity index (χ4v) is 1.46. The minimum Gasteiger partial charge on any atom is -0.394 e. The average Bonchev–Trinajstić information content (AvgIpc) is 2.53. The Morgan fingerprint density at radius 2 is 0.870 bits per heavy atom. The molecule has 0 amide bonds. The summed E-state index contributed by atoms with van der Waals surface area (Å²) < 4.78 is 31.3. The van der Waals surface area contributed by atoms with Crippen molar-refractivity contribution in [2.24, 2.45) is 0 Å². The van der Waals surface area contributed by atoms with Gasteiger partial charge in [0.2, 0.25) is 0 Å². The van der Waals surface area contributed by atoms with Crippen LogP contribution in [0.1, 0.15) is 0 Å². The van der Waals surface area contributed by atoms with E-state index in [1.165, 1.54) is 0 Å². The molecule has 0 saturated carbocycles. The van der Waals surface area contributed by atoms with E-state index in [2.05, 4.69) is 12.6 Å². The zero-order chi connectivity index (χ0) is 17.0. The Morgan fingerprint density at radius 3 is 1.17 bits per heavy atom. The Balaban J connectivity index is 2.95. The number of ether oxygens (including phenoxy) is 6. The zero-order valence-electron chi connectivity index (χ0n) is 13.6. The Labute approximate surface area is 143 Å². The molecule has 0 fully saturated rings. The zero-order valence-corrected chi connectivity index (χ0v) is 14.5. The minimum absolute atomic E-state index is 0.0299. The van der Waals surface area contributed by atoms with Crippen LogP contribution in [-0.2, 0) is 28.4 Å². The first kappa shape index (κ1) is 23.0. The monoisotopic (exact) mass is 358 g/mol. The van der Waals surface area contributed by atoms with Gasteiger partial charge >= 0.3 is 0 Å². The Kier molecular flexibility index (Phi) is 20.1. The standard InChI is InChI=1S/C14H30O8S/c15-1-2-17-3-4-18-5-6-19-7-8-20-9-10-21-11-12-22-13-14(16)23/h14-16,23H,1-13H2. The van der Waals surface area contributed by atoms with Gasteiger partial charge in [-0.1, -0.05) is 0 Å². The Hall–Kier alpha value is 0.0300. The van der Waals surface area contributed by atoms with Gasteiger partial charge in [-0.3, -0.25) is 0 Å². The van der Waals surface area contributed by atoms with Crippen molar-refractivity contribution in [3.05, 3.63) is 0 Å². The van der Waals surface area contributed by atoms with Gasteiger partial charge in [0.1, 0.15) is 5.44 Å². The molecule has 9 heteroatoms. The van der Waals surface area contributed by atoms with Gasteiger partial charge in [0.05, 0.1) is 85.9 Å². The summed E-state index contributed by atoms with van der Waals surface area (Å²) in [5.74, 6) is 0. The molecule has 0 heterocycles. The summed E-state index contributed by atoms with van der Waals surface area (Å²) in [5, 5.41) is 17.3. The van der Waals surface area contributed by atoms with E-state index in [0.717, 1.165) is 0 Å². The van der Waals surface area contributed by atoms with E-state index in [4.69, 9.17) is 38.6 Å². The molecular weight excluding hydrogens is 328 g/mol. The molecule has 1 atom stereocenters. The van der Waals surface area contributed by atoms with Crippen LogP contribution >= 0.6 is 12.6 Å². The summed E-state index contributed by atoms with van der Waals surface area (Å²) in [6, 6.07) is 0. The third-order valence-corrected chi connectivity index (χ3v) is 2.51. The maximum absolute atomic E-state index is 8.83. The molecule has 0 radical (unpaired) electrons. The van der Waals surface area contributed by atoms with Crippen molar-refractivity contribution in [3.8, 4) is 0 Å². The highest BCUT2D eigenvalue weighted by molar-refractivity contribution is 7.80. The van der Waals surface area contributed by atoms with Crippen molar-refractivity contribution in [3.63, 3.8) is 0 Å². The second-order valence-electron chi connectivity index (χ2n) is 4.34. The first-order valence-corrected chi connectivity index (χ1v) is 8.22. The molecule has 0 rings (SSSR count). The highest BCUT2D eigenvalue weighted by atomic mass is 32.1. The molecule has 140 valence electrons. The maximum Gasteiger partial charge on any atom is 0.120 e. The van der Waals surface area contributed by atoms with Crippen molar-refractivity contribution in [1.82, 2.24) is 0 Å². The first-order chi connectivity index (χ1) is 11.3. The summed E-state index contributed by atoms with van der Waals surface area (Å²) in [4.78, 5) is 0. The second-order valence-corrected chi connectivity index (χ2v) is 4.94. The molecule has 0 bridgehead atoms. The summed E-state index contributed by atoms with van der Waals surface area (Å²) in [6.07, 6.45) is 0. The molecule has 0 aromatic rings. The lowest BCUT2D eigenvalue weighted by Gasteiger charge is -2.08. The molecule has 2 N–H and O–H groups in total. The lowest BCUT2D eigenvalue weighted by atomic mass is 10.6. The van der Waals surface area contributed by atoms with Crippen LogP contribution in [0, 0.1) is 0 Å². The lowest BCUT2D eigenvalue weighted by Crippen LogP contribution is -2.15. The third kappa shape index (κ3) is 22.0. The van der Waals surface area contributed by atoms with E-state index in [1.807, 2.05) is 0 Å². The fraction of sp³-hybridized carbons (Fsp3) is 1.00. The van der Waals surface area contributed by atoms with Gasteiger partial charge in [-0.2, -0.15) is 0 Å². The summed E-state index contributed by atoms with van der Waals surface area (Å²) >= 11 is 3.77. The predicted molar refractivity (Wildman–Crippen MR) is 87.0 cm³/mol. The molecule has 0 saturated heterocycles. The van der Waals surface area contributed by atoms with E-state index < -0.39 is 5.44 Å². The highest BCUT2D eigenvalue weighted by Gasteiger charge is 1.96. The molecule has 0 aliphatic rings. The largest absolute Gasteiger partial charge is 0.394 e.